The monoisotopic (exact) mass is 269 g/mol. The van der Waals surface area contributed by atoms with E-state index < -0.39 is 0 Å². The molecule has 1 aromatic rings. The highest BCUT2D eigenvalue weighted by Crippen LogP contribution is 2.37. The van der Waals surface area contributed by atoms with Crippen molar-refractivity contribution in [1.29, 1.82) is 0 Å². The Balaban J connectivity index is 2.27. The molecule has 1 saturated heterocycles. The maximum Gasteiger partial charge on any atom is 0.161 e. The molecule has 0 radical (unpaired) electrons. The number of thioether (sulfide) groups is 1. The molecule has 1 fully saturated rings. The molecule has 2 heterocycles. The molecule has 0 amide bonds. The molecule has 2 rings (SSSR count). The van der Waals surface area contributed by atoms with Crippen LogP contribution in [0.15, 0.2) is 6.20 Å². The topological polar surface area (TPSA) is 39.1 Å². The maximum absolute atomic E-state index is 5.47. The molecule has 1 aromatic heterocycles. The van der Waals surface area contributed by atoms with E-state index in [0.717, 1.165) is 12.3 Å². The molecule has 5 heteroatoms. The Morgan fingerprint density at radius 2 is 2.44 bits per heavy atom. The van der Waals surface area contributed by atoms with Crippen LogP contribution in [0.2, 0.25) is 0 Å². The van der Waals surface area contributed by atoms with Crippen LogP contribution < -0.4 is 10.1 Å². The van der Waals surface area contributed by atoms with E-state index in [2.05, 4.69) is 33.8 Å². The van der Waals surface area contributed by atoms with Gasteiger partial charge in [-0.1, -0.05) is 6.42 Å². The summed E-state index contributed by atoms with van der Waals surface area (Å²) in [4.78, 5) is 0. The summed E-state index contributed by atoms with van der Waals surface area (Å²) < 4.78 is 7.52. The fourth-order valence-electron chi connectivity index (χ4n) is 2.63. The lowest BCUT2D eigenvalue weighted by molar-refractivity contribution is 0.389. The Morgan fingerprint density at radius 3 is 3.00 bits per heavy atom. The van der Waals surface area contributed by atoms with Crippen LogP contribution in [0.3, 0.4) is 0 Å². The van der Waals surface area contributed by atoms with Gasteiger partial charge in [-0.25, -0.2) is 0 Å². The van der Waals surface area contributed by atoms with Gasteiger partial charge in [0, 0.05) is 11.8 Å². The average Bonchev–Trinajstić information content (AvgIpc) is 2.84. The molecule has 102 valence electrons. The van der Waals surface area contributed by atoms with Crippen molar-refractivity contribution >= 4 is 11.8 Å². The molecule has 2 atom stereocenters. The molecule has 4 nitrogen and oxygen atoms in total. The Morgan fingerprint density at radius 1 is 1.61 bits per heavy atom. The molecular weight excluding hydrogens is 246 g/mol. The minimum absolute atomic E-state index is 0.327. The van der Waals surface area contributed by atoms with E-state index >= 15 is 0 Å². The highest BCUT2D eigenvalue weighted by molar-refractivity contribution is 8.00. The van der Waals surface area contributed by atoms with Gasteiger partial charge >= 0.3 is 0 Å². The van der Waals surface area contributed by atoms with Crippen LogP contribution in [-0.4, -0.2) is 34.9 Å². The normalized spacial score (nSPS) is 21.8. The first-order chi connectivity index (χ1) is 8.81. The number of rotatable bonds is 5. The van der Waals surface area contributed by atoms with E-state index in [-0.39, 0.29) is 0 Å². The molecule has 1 aliphatic heterocycles. The van der Waals surface area contributed by atoms with Gasteiger partial charge in [0.15, 0.2) is 5.75 Å². The van der Waals surface area contributed by atoms with Crippen LogP contribution in [0.5, 0.6) is 5.75 Å². The van der Waals surface area contributed by atoms with Crippen LogP contribution in [0, 0.1) is 0 Å². The molecule has 0 saturated carbocycles. The third kappa shape index (κ3) is 2.67. The number of nitrogens with zero attached hydrogens (tertiary/aromatic N) is 2. The van der Waals surface area contributed by atoms with E-state index in [4.69, 9.17) is 4.74 Å². The van der Waals surface area contributed by atoms with Crippen molar-refractivity contribution in [1.82, 2.24) is 15.1 Å². The summed E-state index contributed by atoms with van der Waals surface area (Å²) in [5.41, 5.74) is 1.20. The Bertz CT molecular complexity index is 353. The second-order valence-corrected chi connectivity index (χ2v) is 5.93. The van der Waals surface area contributed by atoms with Crippen LogP contribution in [0.1, 0.15) is 37.9 Å². The van der Waals surface area contributed by atoms with E-state index in [1.54, 1.807) is 7.11 Å². The van der Waals surface area contributed by atoms with Crippen molar-refractivity contribution in [2.24, 2.45) is 0 Å². The maximum atomic E-state index is 5.47. The zero-order valence-corrected chi connectivity index (χ0v) is 12.3. The fourth-order valence-corrected chi connectivity index (χ4v) is 4.09. The summed E-state index contributed by atoms with van der Waals surface area (Å²) >= 11 is 2.07. The number of hydrogen-bond acceptors (Lipinski definition) is 4. The summed E-state index contributed by atoms with van der Waals surface area (Å²) in [6.07, 6.45) is 5.78. The second-order valence-electron chi connectivity index (χ2n) is 4.59. The minimum Gasteiger partial charge on any atom is -0.493 e. The van der Waals surface area contributed by atoms with Crippen molar-refractivity contribution in [3.8, 4) is 5.75 Å². The Labute approximate surface area is 113 Å². The molecule has 0 aromatic carbocycles. The van der Waals surface area contributed by atoms with Crippen molar-refractivity contribution < 1.29 is 4.74 Å². The third-order valence-corrected chi connectivity index (χ3v) is 5.02. The lowest BCUT2D eigenvalue weighted by Crippen LogP contribution is -2.31. The van der Waals surface area contributed by atoms with E-state index in [9.17, 15) is 0 Å². The molecule has 1 N–H and O–H groups in total. The lowest BCUT2D eigenvalue weighted by atomic mass is 10.0. The summed E-state index contributed by atoms with van der Waals surface area (Å²) in [6, 6.07) is 0.327. The Hall–Kier alpha value is -0.680. The zero-order valence-electron chi connectivity index (χ0n) is 11.5. The smallest absolute Gasteiger partial charge is 0.161 e. The summed E-state index contributed by atoms with van der Waals surface area (Å²) in [5.74, 6) is 2.17. The Kier molecular flexibility index (Phi) is 4.95. The van der Waals surface area contributed by atoms with Crippen LogP contribution in [-0.2, 0) is 6.54 Å². The molecule has 1 aliphatic rings. The highest BCUT2D eigenvalue weighted by atomic mass is 32.2. The molecular formula is C13H23N3OS. The summed E-state index contributed by atoms with van der Waals surface area (Å²) in [6.45, 7) is 3.00. The SMILES string of the molecule is CCn1ncc(OC)c1C(NC)C1CCCCS1. The van der Waals surface area contributed by atoms with Crippen molar-refractivity contribution in [2.75, 3.05) is 19.9 Å². The first-order valence-corrected chi connectivity index (χ1v) is 7.75. The van der Waals surface area contributed by atoms with E-state index in [1.807, 2.05) is 13.2 Å². The van der Waals surface area contributed by atoms with Gasteiger partial charge < -0.3 is 10.1 Å². The average molecular weight is 269 g/mol. The molecule has 0 bridgehead atoms. The number of ether oxygens (including phenoxy) is 1. The predicted octanol–water partition coefficient (Wildman–Crippen LogP) is 2.46. The second kappa shape index (κ2) is 6.48. The quantitative estimate of drug-likeness (QED) is 0.891. The number of methoxy groups -OCH3 is 1. The van der Waals surface area contributed by atoms with Gasteiger partial charge in [-0.05, 0) is 32.6 Å². The summed E-state index contributed by atoms with van der Waals surface area (Å²) in [5, 5.41) is 8.50. The largest absolute Gasteiger partial charge is 0.493 e. The lowest BCUT2D eigenvalue weighted by Gasteiger charge is -2.30. The van der Waals surface area contributed by atoms with Crippen molar-refractivity contribution in [2.45, 2.75) is 44.0 Å². The molecule has 18 heavy (non-hydrogen) atoms. The molecule has 0 spiro atoms. The number of nitrogens with one attached hydrogen (secondary N) is 1. The van der Waals surface area contributed by atoms with Gasteiger partial charge in [0.1, 0.15) is 0 Å². The van der Waals surface area contributed by atoms with Crippen molar-refractivity contribution in [3.63, 3.8) is 0 Å². The van der Waals surface area contributed by atoms with Gasteiger partial charge in [-0.3, -0.25) is 4.68 Å². The minimum atomic E-state index is 0.327. The van der Waals surface area contributed by atoms with Gasteiger partial charge in [-0.2, -0.15) is 16.9 Å². The van der Waals surface area contributed by atoms with Crippen LogP contribution >= 0.6 is 11.8 Å². The van der Waals surface area contributed by atoms with Gasteiger partial charge in [0.05, 0.1) is 25.0 Å². The van der Waals surface area contributed by atoms with Crippen LogP contribution in [0.4, 0.5) is 0 Å². The first kappa shape index (κ1) is 13.7. The van der Waals surface area contributed by atoms with Gasteiger partial charge in [-0.15, -0.1) is 0 Å². The standard InChI is InChI=1S/C13H23N3OS/c1-4-16-13(10(17-3)9-15-16)12(14-2)11-7-5-6-8-18-11/h9,11-12,14H,4-8H2,1-3H3. The molecule has 0 aliphatic carbocycles. The van der Waals surface area contributed by atoms with E-state index in [0.29, 0.717) is 11.3 Å². The third-order valence-electron chi connectivity index (χ3n) is 3.56. The number of aromatic nitrogens is 2. The number of hydrogen-bond donors (Lipinski definition) is 1. The molecule has 2 unspecified atom stereocenters. The van der Waals surface area contributed by atoms with E-state index in [1.165, 1.54) is 30.7 Å². The van der Waals surface area contributed by atoms with Crippen LogP contribution in [0.25, 0.3) is 0 Å². The first-order valence-electron chi connectivity index (χ1n) is 6.70. The highest BCUT2D eigenvalue weighted by Gasteiger charge is 2.29. The van der Waals surface area contributed by atoms with Gasteiger partial charge in [0.25, 0.3) is 0 Å². The van der Waals surface area contributed by atoms with Gasteiger partial charge in [0.2, 0.25) is 0 Å². The fraction of sp³-hybridized carbons (Fsp3) is 0.769. The number of aryl methyl sites for hydroxylation is 1. The van der Waals surface area contributed by atoms with Crippen molar-refractivity contribution in [3.05, 3.63) is 11.9 Å². The summed E-state index contributed by atoms with van der Waals surface area (Å²) in [7, 11) is 3.76. The predicted molar refractivity (Wildman–Crippen MR) is 76.4 cm³/mol. The zero-order chi connectivity index (χ0) is 13.0.